The van der Waals surface area contributed by atoms with E-state index in [-0.39, 0.29) is 0 Å². The number of hydrogen-bond acceptors (Lipinski definition) is 7. The lowest BCUT2D eigenvalue weighted by molar-refractivity contribution is 0.0483. The SMILES string of the molecule is CCCCSCCC.CCCCSCCSCCCC.CCCOCCOCCC.CCCSCCCSCCC. The van der Waals surface area contributed by atoms with Crippen molar-refractivity contribution in [3.63, 3.8) is 0 Å². The first kappa shape index (κ1) is 49.5. The predicted molar refractivity (Wildman–Crippen MR) is 209 cm³/mol. The van der Waals surface area contributed by atoms with Crippen molar-refractivity contribution in [2.75, 3.05) is 84.0 Å². The van der Waals surface area contributed by atoms with Gasteiger partial charge in [-0.05, 0) is 104 Å². The zero-order chi connectivity index (χ0) is 31.3. The molecule has 0 radical (unpaired) electrons. The monoisotopic (exact) mass is 676 g/mol. The number of thioether (sulfide) groups is 5. The summed E-state index contributed by atoms with van der Waals surface area (Å²) in [5, 5.41) is 0. The molecule has 0 unspecified atom stereocenters. The van der Waals surface area contributed by atoms with Crippen LogP contribution in [0.5, 0.6) is 0 Å². The molecular weight excluding hydrogens is 601 g/mol. The van der Waals surface area contributed by atoms with Gasteiger partial charge in [0.05, 0.1) is 13.2 Å². The van der Waals surface area contributed by atoms with Crippen molar-refractivity contribution in [1.29, 1.82) is 0 Å². The summed E-state index contributed by atoms with van der Waals surface area (Å²) in [5.41, 5.74) is 0. The molecule has 0 aliphatic rings. The zero-order valence-electron chi connectivity index (χ0n) is 29.2. The molecule has 0 aliphatic carbocycles. The average Bonchev–Trinajstić information content (AvgIpc) is 2.99. The summed E-state index contributed by atoms with van der Waals surface area (Å²) >= 11 is 10.5. The van der Waals surface area contributed by atoms with Crippen molar-refractivity contribution >= 4 is 58.8 Å². The standard InChI is InChI=1S/C10H22S2.C9H20S2.C8H18O2.C7H16S/c1-3-5-7-11-9-10-12-8-6-4-2;1-3-6-10-8-5-9-11-7-4-2;1-3-5-9-7-8-10-6-4-2;1-3-5-7-8-6-4-2/h3-10H2,1-2H3;3-9H2,1-2H3;3-8H2,1-2H3;3-7H2,1-2H3. The third-order valence-corrected chi connectivity index (χ3v) is 11.2. The third-order valence-electron chi connectivity index (χ3n) is 4.99. The molecule has 0 spiro atoms. The summed E-state index contributed by atoms with van der Waals surface area (Å²) in [6, 6.07) is 0. The van der Waals surface area contributed by atoms with Gasteiger partial charge in [-0.25, -0.2) is 0 Å². The molecule has 7 heteroatoms. The molecule has 0 atom stereocenters. The molecule has 0 N–H and O–H groups in total. The van der Waals surface area contributed by atoms with Crippen LogP contribution in [0.1, 0.15) is 132 Å². The van der Waals surface area contributed by atoms with Gasteiger partial charge in [0.25, 0.3) is 0 Å². The summed E-state index contributed by atoms with van der Waals surface area (Å²) in [4.78, 5) is 0. The van der Waals surface area contributed by atoms with Crippen molar-refractivity contribution in [2.24, 2.45) is 0 Å². The van der Waals surface area contributed by atoms with Crippen molar-refractivity contribution in [1.82, 2.24) is 0 Å². The molecule has 0 rings (SSSR count). The molecule has 0 amide bonds. The van der Waals surface area contributed by atoms with E-state index in [1.165, 1.54) is 122 Å². The van der Waals surface area contributed by atoms with E-state index in [0.29, 0.717) is 0 Å². The number of hydrogen-bond donors (Lipinski definition) is 0. The zero-order valence-corrected chi connectivity index (χ0v) is 33.3. The first-order valence-electron chi connectivity index (χ1n) is 17.2. The van der Waals surface area contributed by atoms with Crippen molar-refractivity contribution in [3.05, 3.63) is 0 Å². The minimum Gasteiger partial charge on any atom is -0.379 e. The molecule has 254 valence electrons. The van der Waals surface area contributed by atoms with Crippen LogP contribution in [0.4, 0.5) is 0 Å². The fraction of sp³-hybridized carbons (Fsp3) is 1.00. The first-order valence-corrected chi connectivity index (χ1v) is 23.0. The van der Waals surface area contributed by atoms with Crippen LogP contribution in [0.15, 0.2) is 0 Å². The summed E-state index contributed by atoms with van der Waals surface area (Å²) in [7, 11) is 0. The average molecular weight is 677 g/mol. The Bertz CT molecular complexity index is 334. The van der Waals surface area contributed by atoms with E-state index in [1.54, 1.807) is 0 Å². The molecule has 0 heterocycles. The highest BCUT2D eigenvalue weighted by Crippen LogP contribution is 2.11. The van der Waals surface area contributed by atoms with E-state index in [2.05, 4.69) is 114 Å². The molecule has 0 aromatic heterocycles. The van der Waals surface area contributed by atoms with Crippen LogP contribution in [-0.4, -0.2) is 84.0 Å². The van der Waals surface area contributed by atoms with Crippen LogP contribution in [-0.2, 0) is 9.47 Å². The fourth-order valence-electron chi connectivity index (χ4n) is 2.67. The van der Waals surface area contributed by atoms with Gasteiger partial charge in [-0.1, -0.05) is 74.7 Å². The quantitative estimate of drug-likeness (QED) is 0.0725. The normalized spacial score (nSPS) is 10.2. The Balaban J connectivity index is -0.000000225. The molecule has 0 saturated carbocycles. The minimum atomic E-state index is 0.744. The van der Waals surface area contributed by atoms with Crippen molar-refractivity contribution < 1.29 is 9.47 Å². The van der Waals surface area contributed by atoms with Gasteiger partial charge in [0.15, 0.2) is 0 Å². The second kappa shape index (κ2) is 57.3. The maximum absolute atomic E-state index is 5.20. The highest BCUT2D eigenvalue weighted by Gasteiger charge is 1.91. The van der Waals surface area contributed by atoms with Gasteiger partial charge >= 0.3 is 0 Å². The number of ether oxygens (including phenoxy) is 2. The molecule has 0 fully saturated rings. The molecule has 0 aromatic carbocycles. The predicted octanol–water partition coefficient (Wildman–Crippen LogP) is 12.5. The summed E-state index contributed by atoms with van der Waals surface area (Å²) in [6.45, 7) is 20.9. The van der Waals surface area contributed by atoms with E-state index < -0.39 is 0 Å². The molecular formula is C34H76O2S5. The van der Waals surface area contributed by atoms with Gasteiger partial charge in [-0.2, -0.15) is 58.8 Å². The Hall–Kier alpha value is 1.67. The third kappa shape index (κ3) is 69.7. The number of rotatable bonds is 29. The lowest BCUT2D eigenvalue weighted by Crippen LogP contribution is -2.04. The van der Waals surface area contributed by atoms with Crippen LogP contribution in [0.25, 0.3) is 0 Å². The molecule has 0 aromatic rings. The lowest BCUT2D eigenvalue weighted by atomic mass is 10.4. The second-order valence-corrected chi connectivity index (χ2v) is 15.8. The van der Waals surface area contributed by atoms with Crippen molar-refractivity contribution in [3.8, 4) is 0 Å². The Morgan fingerprint density at radius 1 is 0.268 bits per heavy atom. The van der Waals surface area contributed by atoms with Gasteiger partial charge in [0, 0.05) is 24.7 Å². The van der Waals surface area contributed by atoms with E-state index in [4.69, 9.17) is 9.47 Å². The van der Waals surface area contributed by atoms with Crippen molar-refractivity contribution in [2.45, 2.75) is 132 Å². The Labute approximate surface area is 283 Å². The van der Waals surface area contributed by atoms with E-state index in [9.17, 15) is 0 Å². The van der Waals surface area contributed by atoms with Crippen LogP contribution >= 0.6 is 58.8 Å². The molecule has 0 saturated heterocycles. The maximum Gasteiger partial charge on any atom is 0.0700 e. The molecule has 0 aliphatic heterocycles. The molecule has 2 nitrogen and oxygen atoms in total. The van der Waals surface area contributed by atoms with E-state index in [1.807, 2.05) is 0 Å². The minimum absolute atomic E-state index is 0.744. The molecule has 0 bridgehead atoms. The van der Waals surface area contributed by atoms with Crippen LogP contribution < -0.4 is 0 Å². The van der Waals surface area contributed by atoms with Gasteiger partial charge in [0.2, 0.25) is 0 Å². The van der Waals surface area contributed by atoms with E-state index >= 15 is 0 Å². The highest BCUT2D eigenvalue weighted by molar-refractivity contribution is 8.03. The Morgan fingerprint density at radius 2 is 0.561 bits per heavy atom. The summed E-state index contributed by atoms with van der Waals surface area (Å²) in [6.07, 6.45) is 15.8. The smallest absolute Gasteiger partial charge is 0.0700 e. The van der Waals surface area contributed by atoms with Gasteiger partial charge in [0.1, 0.15) is 0 Å². The maximum atomic E-state index is 5.20. The van der Waals surface area contributed by atoms with Crippen LogP contribution in [0.3, 0.4) is 0 Å². The van der Waals surface area contributed by atoms with Crippen LogP contribution in [0.2, 0.25) is 0 Å². The fourth-order valence-corrected chi connectivity index (χ4v) is 7.86. The second-order valence-electron chi connectivity index (χ2n) is 9.70. The largest absolute Gasteiger partial charge is 0.379 e. The topological polar surface area (TPSA) is 18.5 Å². The number of unbranched alkanes of at least 4 members (excludes halogenated alkanes) is 3. The van der Waals surface area contributed by atoms with Gasteiger partial charge in [-0.3, -0.25) is 0 Å². The highest BCUT2D eigenvalue weighted by atomic mass is 32.2. The van der Waals surface area contributed by atoms with Gasteiger partial charge < -0.3 is 9.47 Å². The summed E-state index contributed by atoms with van der Waals surface area (Å²) in [5.74, 6) is 13.6. The van der Waals surface area contributed by atoms with E-state index in [0.717, 1.165) is 39.3 Å². The Kier molecular flexibility index (Phi) is 69.3. The van der Waals surface area contributed by atoms with Crippen LogP contribution in [0, 0.1) is 0 Å². The molecule has 41 heavy (non-hydrogen) atoms. The summed E-state index contributed by atoms with van der Waals surface area (Å²) < 4.78 is 10.4. The Morgan fingerprint density at radius 3 is 0.829 bits per heavy atom. The lowest BCUT2D eigenvalue weighted by Gasteiger charge is -2.02. The van der Waals surface area contributed by atoms with Gasteiger partial charge in [-0.15, -0.1) is 0 Å². The first-order chi connectivity index (χ1) is 20.2.